The molecule has 0 aliphatic carbocycles. The second-order valence-electron chi connectivity index (χ2n) is 23.3. The zero-order valence-electron chi connectivity index (χ0n) is 51.5. The van der Waals surface area contributed by atoms with Crippen LogP contribution in [0.15, 0.2) is 60.8 Å². The summed E-state index contributed by atoms with van der Waals surface area (Å²) in [4.78, 5) is 37.7. The number of phosphoric ester groups is 1. The summed E-state index contributed by atoms with van der Waals surface area (Å²) >= 11 is 0. The Morgan fingerprint density at radius 3 is 1.22 bits per heavy atom. The molecule has 77 heavy (non-hydrogen) atoms. The summed E-state index contributed by atoms with van der Waals surface area (Å²) in [6.45, 7) is 6.99. The lowest BCUT2D eigenvalue weighted by atomic mass is 10.0. The minimum absolute atomic E-state index is 0.0382. The molecule has 0 aromatic carbocycles. The van der Waals surface area contributed by atoms with Crippen molar-refractivity contribution in [3.05, 3.63) is 60.8 Å². The van der Waals surface area contributed by atoms with Crippen molar-refractivity contribution >= 4 is 19.7 Å². The lowest BCUT2D eigenvalue weighted by Gasteiger charge is -2.27. The predicted octanol–water partition coefficient (Wildman–Crippen LogP) is 20.2. The normalized spacial score (nSPS) is 14.0. The number of unbranched alkanes of at least 4 members (excludes halogenated alkanes) is 35. The molecule has 0 fully saturated rings. The maximum Gasteiger partial charge on any atom is 0.472 e. The summed E-state index contributed by atoms with van der Waals surface area (Å²) in [5.74, 6) is -0.508. The van der Waals surface area contributed by atoms with Gasteiger partial charge in [0.25, 0.3) is 0 Å². The summed E-state index contributed by atoms with van der Waals surface area (Å²) in [6.07, 6.45) is 72.2. The van der Waals surface area contributed by atoms with E-state index in [1.807, 2.05) is 33.3 Å². The largest absolute Gasteiger partial charge is 0.472 e. The van der Waals surface area contributed by atoms with Crippen LogP contribution in [0.3, 0.4) is 0 Å². The number of hydrogen-bond acceptors (Lipinski definition) is 6. The fourth-order valence-corrected chi connectivity index (χ4v) is 10.1. The van der Waals surface area contributed by atoms with Crippen LogP contribution < -0.4 is 5.32 Å². The molecule has 0 aromatic rings. The Balaban J connectivity index is 5.14. The number of esters is 1. The van der Waals surface area contributed by atoms with Crippen LogP contribution in [0.25, 0.3) is 0 Å². The van der Waals surface area contributed by atoms with E-state index in [4.69, 9.17) is 13.8 Å². The van der Waals surface area contributed by atoms with Crippen molar-refractivity contribution in [2.24, 2.45) is 0 Å². The van der Waals surface area contributed by atoms with Gasteiger partial charge in [-0.05, 0) is 96.0 Å². The molecule has 0 rings (SSSR count). The van der Waals surface area contributed by atoms with E-state index in [2.05, 4.69) is 74.7 Å². The first-order valence-corrected chi connectivity index (χ1v) is 34.1. The highest BCUT2D eigenvalue weighted by molar-refractivity contribution is 7.47. The van der Waals surface area contributed by atoms with E-state index in [-0.39, 0.29) is 31.5 Å². The highest BCUT2D eigenvalue weighted by atomic mass is 31.2. The van der Waals surface area contributed by atoms with Gasteiger partial charge in [0.2, 0.25) is 5.91 Å². The fourth-order valence-electron chi connectivity index (χ4n) is 9.35. The number of amides is 1. The van der Waals surface area contributed by atoms with Gasteiger partial charge in [0, 0.05) is 12.8 Å². The topological polar surface area (TPSA) is 111 Å². The number of ether oxygens (including phenoxy) is 1. The molecule has 2 N–H and O–H groups in total. The summed E-state index contributed by atoms with van der Waals surface area (Å²) < 4.78 is 30.7. The van der Waals surface area contributed by atoms with Crippen molar-refractivity contribution in [3.63, 3.8) is 0 Å². The molecule has 0 bridgehead atoms. The maximum absolute atomic E-state index is 13.5. The Kier molecular flexibility index (Phi) is 55.3. The third kappa shape index (κ3) is 58.2. The lowest BCUT2D eigenvalue weighted by Crippen LogP contribution is -2.47. The molecule has 9 nitrogen and oxygen atoms in total. The monoisotopic (exact) mass is 1100 g/mol. The van der Waals surface area contributed by atoms with Gasteiger partial charge in [-0.1, -0.05) is 255 Å². The summed E-state index contributed by atoms with van der Waals surface area (Å²) in [5.41, 5.74) is 0. The van der Waals surface area contributed by atoms with Crippen LogP contribution in [-0.4, -0.2) is 74.3 Å². The summed E-state index contributed by atoms with van der Waals surface area (Å²) in [6, 6.07) is -0.852. The molecule has 0 saturated heterocycles. The molecule has 0 saturated carbocycles. The Morgan fingerprint density at radius 2 is 0.792 bits per heavy atom. The molecule has 1 amide bonds. The second kappa shape index (κ2) is 57.0. The van der Waals surface area contributed by atoms with Crippen molar-refractivity contribution in [2.75, 3.05) is 40.9 Å². The Hall–Kier alpha value is -2.29. The third-order valence-corrected chi connectivity index (χ3v) is 15.4. The zero-order chi connectivity index (χ0) is 56.4. The number of nitrogens with zero attached hydrogens (tertiary/aromatic N) is 1. The van der Waals surface area contributed by atoms with E-state index in [1.165, 1.54) is 186 Å². The third-order valence-electron chi connectivity index (χ3n) is 14.4. The van der Waals surface area contributed by atoms with Crippen LogP contribution in [0.4, 0.5) is 0 Å². The molecular formula is C67H126N2O7P+. The first kappa shape index (κ1) is 74.7. The molecular weight excluding hydrogens is 976 g/mol. The number of carbonyl (C=O) groups is 2. The molecule has 10 heteroatoms. The number of hydrogen-bond donors (Lipinski definition) is 2. The van der Waals surface area contributed by atoms with Gasteiger partial charge >= 0.3 is 13.8 Å². The Labute approximate surface area is 477 Å². The zero-order valence-corrected chi connectivity index (χ0v) is 52.3. The fraction of sp³-hybridized carbons (Fsp3) is 0.821. The van der Waals surface area contributed by atoms with Gasteiger partial charge < -0.3 is 19.4 Å². The first-order chi connectivity index (χ1) is 37.4. The smallest absolute Gasteiger partial charge is 0.456 e. The molecule has 3 unspecified atom stereocenters. The molecule has 0 spiro atoms. The van der Waals surface area contributed by atoms with Crippen LogP contribution in [0.2, 0.25) is 0 Å². The average Bonchev–Trinajstić information content (AvgIpc) is 3.39. The maximum atomic E-state index is 13.5. The average molecular weight is 1100 g/mol. The lowest BCUT2D eigenvalue weighted by molar-refractivity contribution is -0.870. The van der Waals surface area contributed by atoms with E-state index in [1.54, 1.807) is 0 Å². The van der Waals surface area contributed by atoms with Crippen LogP contribution in [-0.2, 0) is 27.9 Å². The highest BCUT2D eigenvalue weighted by Crippen LogP contribution is 2.43. The van der Waals surface area contributed by atoms with Gasteiger partial charge in [-0.25, -0.2) is 4.57 Å². The number of quaternary nitrogens is 1. The molecule has 0 aliphatic heterocycles. The van der Waals surface area contributed by atoms with Gasteiger partial charge in [-0.3, -0.25) is 18.6 Å². The molecule has 3 atom stereocenters. The Bertz CT molecular complexity index is 1500. The number of phosphoric acid groups is 1. The van der Waals surface area contributed by atoms with Crippen molar-refractivity contribution in [3.8, 4) is 0 Å². The minimum atomic E-state index is -4.45. The van der Waals surface area contributed by atoms with Crippen molar-refractivity contribution in [2.45, 2.75) is 315 Å². The van der Waals surface area contributed by atoms with Gasteiger partial charge in [0.1, 0.15) is 19.3 Å². The van der Waals surface area contributed by atoms with Crippen LogP contribution in [0, 0.1) is 0 Å². The van der Waals surface area contributed by atoms with Crippen LogP contribution in [0.5, 0.6) is 0 Å². The highest BCUT2D eigenvalue weighted by Gasteiger charge is 2.30. The van der Waals surface area contributed by atoms with Crippen molar-refractivity contribution in [1.82, 2.24) is 5.32 Å². The SMILES string of the molecule is CCCCC/C=C\C/C=C\C/C=C\CCCCCCCCCCCCC(=O)OC(/C=C\CCCCCCCCCCC)C(COP(=O)(O)OCC[N+](C)(C)C)NC(=O)CCCCCCCCC/C=C/CCCCCCCC. The molecule has 0 aromatic heterocycles. The number of likely N-dealkylation sites (N-methyl/N-ethyl adjacent to an activating group) is 1. The molecule has 0 heterocycles. The van der Waals surface area contributed by atoms with Gasteiger partial charge in [-0.15, -0.1) is 0 Å². The van der Waals surface area contributed by atoms with E-state index in [0.29, 0.717) is 17.4 Å². The van der Waals surface area contributed by atoms with Crippen LogP contribution >= 0.6 is 7.82 Å². The second-order valence-corrected chi connectivity index (χ2v) is 24.7. The van der Waals surface area contributed by atoms with Gasteiger partial charge in [-0.2, -0.15) is 0 Å². The predicted molar refractivity (Wildman–Crippen MR) is 332 cm³/mol. The Morgan fingerprint density at radius 1 is 0.455 bits per heavy atom. The van der Waals surface area contributed by atoms with E-state index >= 15 is 0 Å². The van der Waals surface area contributed by atoms with Gasteiger partial charge in [0.15, 0.2) is 0 Å². The summed E-state index contributed by atoms with van der Waals surface area (Å²) in [7, 11) is 1.49. The van der Waals surface area contributed by atoms with Gasteiger partial charge in [0.05, 0.1) is 33.8 Å². The molecule has 450 valence electrons. The molecule has 0 aliphatic rings. The standard InChI is InChI=1S/C67H125N2O7P/c1-7-10-13-16-19-22-25-27-29-31-32-33-34-35-36-38-40-42-45-48-51-54-57-60-67(71)76-65(58-55-52-49-46-43-24-21-18-15-12-9-3)64(63-75-77(72,73)74-62-61-69(4,5)6)68-66(70)59-56-53-50-47-44-41-39-37-30-28-26-23-20-17-14-11-8-2/h19,22,27-30,32-33,55,58,64-65H,7-18,20-21,23-26,31,34-54,56-57,59-63H2,1-6H3,(H-,68,70,72,73)/p+1/b22-19-,29-27-,30-28+,33-32-,58-55-. The number of nitrogens with one attached hydrogen (secondary N) is 1. The quantitative estimate of drug-likeness (QED) is 0.0205. The number of rotatable bonds is 59. The van der Waals surface area contributed by atoms with E-state index < -0.39 is 20.0 Å². The van der Waals surface area contributed by atoms with E-state index in [9.17, 15) is 19.0 Å². The number of allylic oxidation sites excluding steroid dienone is 9. The van der Waals surface area contributed by atoms with Crippen molar-refractivity contribution < 1.29 is 37.3 Å². The van der Waals surface area contributed by atoms with Crippen molar-refractivity contribution in [1.29, 1.82) is 0 Å². The van der Waals surface area contributed by atoms with Crippen LogP contribution in [0.1, 0.15) is 303 Å². The molecule has 0 radical (unpaired) electrons. The van der Waals surface area contributed by atoms with E-state index in [0.717, 1.165) is 83.5 Å². The first-order valence-electron chi connectivity index (χ1n) is 32.6. The summed E-state index contributed by atoms with van der Waals surface area (Å²) in [5, 5.41) is 3.06. The number of carbonyl (C=O) groups excluding carboxylic acids is 2. The minimum Gasteiger partial charge on any atom is -0.456 e.